The Hall–Kier alpha value is -3.80. The summed E-state index contributed by atoms with van der Waals surface area (Å²) in [5.74, 6) is 0.313. The number of para-hydroxylation sites is 1. The zero-order valence-corrected chi connectivity index (χ0v) is 15.2. The van der Waals surface area contributed by atoms with E-state index in [0.717, 1.165) is 28.5 Å². The van der Waals surface area contributed by atoms with E-state index >= 15 is 0 Å². The van der Waals surface area contributed by atoms with Crippen molar-refractivity contribution in [3.8, 4) is 11.1 Å². The molecule has 0 bridgehead atoms. The van der Waals surface area contributed by atoms with Crippen molar-refractivity contribution in [1.29, 1.82) is 10.8 Å². The van der Waals surface area contributed by atoms with E-state index in [2.05, 4.69) is 4.98 Å². The summed E-state index contributed by atoms with van der Waals surface area (Å²) in [6.45, 7) is 0. The van der Waals surface area contributed by atoms with Gasteiger partial charge in [-0.3, -0.25) is 15.4 Å². The fraction of sp³-hybridized carbons (Fsp3) is 0.0455. The number of nitrogens with one attached hydrogen (secondary N) is 2. The molecule has 0 aliphatic rings. The van der Waals surface area contributed by atoms with Crippen LogP contribution in [0.15, 0.2) is 72.8 Å². The summed E-state index contributed by atoms with van der Waals surface area (Å²) in [5, 5.41) is 16.8. The van der Waals surface area contributed by atoms with Gasteiger partial charge < -0.3 is 4.90 Å². The molecule has 0 aliphatic carbocycles. The van der Waals surface area contributed by atoms with Gasteiger partial charge in [-0.25, -0.2) is 4.39 Å². The first-order valence-corrected chi connectivity index (χ1v) is 8.74. The molecule has 0 fully saturated rings. The number of aromatic nitrogens is 2. The van der Waals surface area contributed by atoms with Crippen LogP contribution in [0.25, 0.3) is 22.0 Å². The van der Waals surface area contributed by atoms with Gasteiger partial charge in [0.1, 0.15) is 11.6 Å². The van der Waals surface area contributed by atoms with Gasteiger partial charge in [-0.1, -0.05) is 36.4 Å². The summed E-state index contributed by atoms with van der Waals surface area (Å²) in [6.07, 6.45) is 1.07. The van der Waals surface area contributed by atoms with Crippen LogP contribution in [0.4, 0.5) is 15.9 Å². The Kier molecular flexibility index (Phi) is 4.45. The molecule has 0 unspecified atom stereocenters. The van der Waals surface area contributed by atoms with Gasteiger partial charge in [-0.15, -0.1) is 0 Å². The molecule has 6 heteroatoms. The van der Waals surface area contributed by atoms with E-state index in [-0.39, 0.29) is 11.4 Å². The molecule has 0 saturated heterocycles. The van der Waals surface area contributed by atoms with Crippen molar-refractivity contribution in [2.45, 2.75) is 0 Å². The van der Waals surface area contributed by atoms with Crippen molar-refractivity contribution in [3.05, 3.63) is 84.2 Å². The minimum atomic E-state index is -0.307. The fourth-order valence-electron chi connectivity index (χ4n) is 3.26. The molecule has 4 aromatic rings. The molecule has 2 N–H and O–H groups in total. The van der Waals surface area contributed by atoms with E-state index in [0.29, 0.717) is 11.3 Å². The molecule has 1 heterocycles. The molecular formula is C22H18FN5. The van der Waals surface area contributed by atoms with Crippen LogP contribution in [0.2, 0.25) is 0 Å². The molecule has 0 amide bonds. The standard InChI is InChI=1S/C22H18FN5/c1-27(18-8-3-2-4-9-18)21-19-11-10-16(15-6-5-7-17(23)12-15)13-20(19)28(14-24)22(25)26-21/h2-14,24-25H,1H3. The van der Waals surface area contributed by atoms with E-state index in [1.54, 1.807) is 6.07 Å². The van der Waals surface area contributed by atoms with Crippen LogP contribution in [0.3, 0.4) is 0 Å². The first-order valence-electron chi connectivity index (χ1n) is 8.74. The van der Waals surface area contributed by atoms with Crippen molar-refractivity contribution in [2.75, 3.05) is 11.9 Å². The fourth-order valence-corrected chi connectivity index (χ4v) is 3.26. The topological polar surface area (TPSA) is 68.8 Å². The Bertz CT molecular complexity index is 1230. The smallest absolute Gasteiger partial charge is 0.229 e. The summed E-state index contributed by atoms with van der Waals surface area (Å²) in [6, 6.07) is 21.8. The highest BCUT2D eigenvalue weighted by molar-refractivity contribution is 5.96. The van der Waals surface area contributed by atoms with Crippen molar-refractivity contribution in [2.24, 2.45) is 0 Å². The second kappa shape index (κ2) is 7.08. The van der Waals surface area contributed by atoms with E-state index < -0.39 is 0 Å². The lowest BCUT2D eigenvalue weighted by Gasteiger charge is -2.21. The molecule has 0 spiro atoms. The Morgan fingerprint density at radius 3 is 2.43 bits per heavy atom. The zero-order valence-electron chi connectivity index (χ0n) is 15.2. The van der Waals surface area contributed by atoms with Crippen LogP contribution in [0.5, 0.6) is 0 Å². The highest BCUT2D eigenvalue weighted by Gasteiger charge is 2.14. The summed E-state index contributed by atoms with van der Waals surface area (Å²) < 4.78 is 15.0. The van der Waals surface area contributed by atoms with Gasteiger partial charge in [-0.2, -0.15) is 4.98 Å². The Labute approximate surface area is 161 Å². The molecular weight excluding hydrogens is 353 g/mol. The third kappa shape index (κ3) is 3.05. The summed E-state index contributed by atoms with van der Waals surface area (Å²) >= 11 is 0. The number of anilines is 2. The number of hydrogen-bond acceptors (Lipinski definition) is 4. The predicted octanol–water partition coefficient (Wildman–Crippen LogP) is 4.54. The van der Waals surface area contributed by atoms with Gasteiger partial charge >= 0.3 is 0 Å². The van der Waals surface area contributed by atoms with Gasteiger partial charge in [0.15, 0.2) is 0 Å². The number of halogens is 1. The lowest BCUT2D eigenvalue weighted by Crippen LogP contribution is -2.26. The number of rotatable bonds is 4. The van der Waals surface area contributed by atoms with Crippen LogP contribution in [0.1, 0.15) is 0 Å². The third-order valence-electron chi connectivity index (χ3n) is 4.69. The highest BCUT2D eigenvalue weighted by atomic mass is 19.1. The molecule has 0 aliphatic heterocycles. The van der Waals surface area contributed by atoms with Gasteiger partial charge in [0, 0.05) is 18.1 Å². The number of nitrogens with zero attached hydrogens (tertiary/aromatic N) is 3. The maximum atomic E-state index is 13.6. The van der Waals surface area contributed by atoms with E-state index in [9.17, 15) is 4.39 Å². The summed E-state index contributed by atoms with van der Waals surface area (Å²) in [5.41, 5.74) is 3.10. The highest BCUT2D eigenvalue weighted by Crippen LogP contribution is 2.31. The number of benzene rings is 3. The summed E-state index contributed by atoms with van der Waals surface area (Å²) in [4.78, 5) is 6.32. The van der Waals surface area contributed by atoms with Gasteiger partial charge in [0.25, 0.3) is 0 Å². The SMILES string of the molecule is CN(c1ccccc1)c1nc(=N)n(C=N)c2cc(-c3cccc(F)c3)ccc12. The summed E-state index contributed by atoms with van der Waals surface area (Å²) in [7, 11) is 1.89. The first kappa shape index (κ1) is 17.6. The average Bonchev–Trinajstić information content (AvgIpc) is 2.73. The second-order valence-electron chi connectivity index (χ2n) is 6.39. The monoisotopic (exact) mass is 371 g/mol. The Balaban J connectivity index is 1.96. The van der Waals surface area contributed by atoms with Crippen LogP contribution >= 0.6 is 0 Å². The lowest BCUT2D eigenvalue weighted by atomic mass is 10.0. The van der Waals surface area contributed by atoms with Crippen molar-refractivity contribution in [1.82, 2.24) is 9.55 Å². The molecule has 28 heavy (non-hydrogen) atoms. The molecule has 0 saturated carbocycles. The molecule has 0 atom stereocenters. The van der Waals surface area contributed by atoms with Crippen LogP contribution in [0, 0.1) is 16.6 Å². The van der Waals surface area contributed by atoms with Crippen LogP contribution < -0.4 is 10.5 Å². The molecule has 3 aromatic carbocycles. The molecule has 138 valence electrons. The molecule has 1 aromatic heterocycles. The van der Waals surface area contributed by atoms with Gasteiger partial charge in [0.05, 0.1) is 11.9 Å². The second-order valence-corrected chi connectivity index (χ2v) is 6.39. The number of fused-ring (bicyclic) bond motifs is 1. The minimum Gasteiger partial charge on any atom is -0.329 e. The van der Waals surface area contributed by atoms with Crippen molar-refractivity contribution < 1.29 is 4.39 Å². The van der Waals surface area contributed by atoms with Gasteiger partial charge in [0.2, 0.25) is 5.62 Å². The maximum absolute atomic E-state index is 13.6. The quantitative estimate of drug-likeness (QED) is 0.408. The third-order valence-corrected chi connectivity index (χ3v) is 4.69. The molecule has 0 radical (unpaired) electrons. The van der Waals surface area contributed by atoms with Gasteiger partial charge in [-0.05, 0) is 47.5 Å². The normalized spacial score (nSPS) is 10.8. The zero-order chi connectivity index (χ0) is 19.7. The van der Waals surface area contributed by atoms with Crippen molar-refractivity contribution in [3.63, 3.8) is 0 Å². The van der Waals surface area contributed by atoms with Crippen LogP contribution in [-0.2, 0) is 0 Å². The average molecular weight is 371 g/mol. The van der Waals surface area contributed by atoms with Crippen LogP contribution in [-0.4, -0.2) is 22.9 Å². The lowest BCUT2D eigenvalue weighted by molar-refractivity contribution is 0.628. The minimum absolute atomic E-state index is 0.0447. The number of hydrogen-bond donors (Lipinski definition) is 2. The van der Waals surface area contributed by atoms with E-state index in [1.807, 2.05) is 66.5 Å². The first-order chi connectivity index (χ1) is 13.6. The predicted molar refractivity (Wildman–Crippen MR) is 110 cm³/mol. The molecule has 4 rings (SSSR count). The Morgan fingerprint density at radius 1 is 0.964 bits per heavy atom. The van der Waals surface area contributed by atoms with E-state index in [4.69, 9.17) is 10.8 Å². The van der Waals surface area contributed by atoms with E-state index in [1.165, 1.54) is 16.7 Å². The maximum Gasteiger partial charge on any atom is 0.229 e. The van der Waals surface area contributed by atoms with Crippen molar-refractivity contribution >= 4 is 28.7 Å². The Morgan fingerprint density at radius 2 is 1.71 bits per heavy atom. The molecule has 5 nitrogen and oxygen atoms in total. The largest absolute Gasteiger partial charge is 0.329 e.